The van der Waals surface area contributed by atoms with Crippen LogP contribution in [0.3, 0.4) is 0 Å². The highest BCUT2D eigenvalue weighted by molar-refractivity contribution is 8.24. The standard InChI is InChI=1S/C22H31N9O3S/c1-2-31-21-17(13-24-31)19(25-15-5-9-35(32,33)10-6-15)16(12-23-21)18-11-22(34-28-18)7-3-14(4-8-22)20-26-29-30-27-20/h12-15,32-33H,2-11H2,1H3,(H,23,25)(H,26,27,29,30). The van der Waals surface area contributed by atoms with Crippen LogP contribution in [0.1, 0.15) is 69.2 Å². The number of hydrogen-bond acceptors (Lipinski definition) is 10. The summed E-state index contributed by atoms with van der Waals surface area (Å²) in [4.78, 5) is 10.8. The molecule has 35 heavy (non-hydrogen) atoms. The Morgan fingerprint density at radius 2 is 2.00 bits per heavy atom. The molecule has 0 radical (unpaired) electrons. The molecular formula is C22H31N9O3S. The lowest BCUT2D eigenvalue weighted by Gasteiger charge is -2.39. The molecule has 3 aromatic heterocycles. The molecule has 2 aliphatic heterocycles. The van der Waals surface area contributed by atoms with Crippen molar-refractivity contribution in [1.29, 1.82) is 0 Å². The van der Waals surface area contributed by atoms with E-state index in [1.54, 1.807) is 0 Å². The van der Waals surface area contributed by atoms with Crippen LogP contribution < -0.4 is 5.32 Å². The number of aryl methyl sites for hydroxylation is 1. The molecule has 0 unspecified atom stereocenters. The Morgan fingerprint density at radius 3 is 2.71 bits per heavy atom. The fourth-order valence-electron chi connectivity index (χ4n) is 5.57. The first kappa shape index (κ1) is 22.7. The Kier molecular flexibility index (Phi) is 5.65. The molecule has 2 fully saturated rings. The summed E-state index contributed by atoms with van der Waals surface area (Å²) in [5, 5.41) is 28.3. The number of pyridine rings is 1. The van der Waals surface area contributed by atoms with Crippen LogP contribution >= 0.6 is 10.6 Å². The number of nitrogens with zero attached hydrogens (tertiary/aromatic N) is 7. The van der Waals surface area contributed by atoms with Crippen molar-refractivity contribution in [2.45, 2.75) is 76.0 Å². The van der Waals surface area contributed by atoms with E-state index in [2.05, 4.69) is 36.2 Å². The Balaban J connectivity index is 1.25. The maximum absolute atomic E-state index is 10.1. The van der Waals surface area contributed by atoms with Crippen LogP contribution in [0.15, 0.2) is 17.5 Å². The van der Waals surface area contributed by atoms with Gasteiger partial charge in [0.25, 0.3) is 0 Å². The fourth-order valence-corrected chi connectivity index (χ4v) is 7.10. The van der Waals surface area contributed by atoms with Crippen LogP contribution in [0.25, 0.3) is 11.0 Å². The first-order chi connectivity index (χ1) is 17.0. The minimum absolute atomic E-state index is 0.145. The maximum Gasteiger partial charge on any atom is 0.177 e. The predicted molar refractivity (Wildman–Crippen MR) is 133 cm³/mol. The number of rotatable bonds is 5. The maximum atomic E-state index is 10.1. The van der Waals surface area contributed by atoms with Gasteiger partial charge in [-0.15, -0.1) is 10.2 Å². The van der Waals surface area contributed by atoms with Gasteiger partial charge < -0.3 is 10.2 Å². The molecule has 1 saturated carbocycles. The van der Waals surface area contributed by atoms with Gasteiger partial charge in [-0.3, -0.25) is 9.11 Å². The van der Waals surface area contributed by atoms with E-state index in [1.165, 1.54) is 0 Å². The molecule has 12 nitrogen and oxygen atoms in total. The topological polar surface area (TPSA) is 159 Å². The minimum Gasteiger partial charge on any atom is -0.389 e. The van der Waals surface area contributed by atoms with Crippen molar-refractivity contribution < 1.29 is 13.9 Å². The average Bonchev–Trinajstić information content (AvgIpc) is 3.62. The summed E-state index contributed by atoms with van der Waals surface area (Å²) in [6.07, 6.45) is 9.50. The van der Waals surface area contributed by atoms with E-state index < -0.39 is 10.6 Å². The van der Waals surface area contributed by atoms with Gasteiger partial charge in [0.15, 0.2) is 11.5 Å². The van der Waals surface area contributed by atoms with Crippen molar-refractivity contribution in [3.63, 3.8) is 0 Å². The van der Waals surface area contributed by atoms with Gasteiger partial charge in [0.1, 0.15) is 5.60 Å². The summed E-state index contributed by atoms with van der Waals surface area (Å²) in [5.74, 6) is 1.92. The second kappa shape index (κ2) is 8.71. The molecule has 1 saturated heterocycles. The molecule has 3 aliphatic rings. The highest BCUT2D eigenvalue weighted by Crippen LogP contribution is 2.46. The highest BCUT2D eigenvalue weighted by atomic mass is 32.3. The van der Waals surface area contributed by atoms with E-state index >= 15 is 0 Å². The molecule has 1 aliphatic carbocycles. The van der Waals surface area contributed by atoms with Crippen molar-refractivity contribution in [2.75, 3.05) is 16.8 Å². The highest BCUT2D eigenvalue weighted by Gasteiger charge is 2.44. The van der Waals surface area contributed by atoms with E-state index in [1.807, 2.05) is 24.0 Å². The molecule has 4 N–H and O–H groups in total. The van der Waals surface area contributed by atoms with Crippen molar-refractivity contribution in [3.8, 4) is 0 Å². The van der Waals surface area contributed by atoms with E-state index in [0.29, 0.717) is 30.3 Å². The summed E-state index contributed by atoms with van der Waals surface area (Å²) in [6, 6.07) is 0.145. The molecule has 0 bridgehead atoms. The summed E-state index contributed by atoms with van der Waals surface area (Å²) < 4.78 is 22.0. The van der Waals surface area contributed by atoms with Gasteiger partial charge >= 0.3 is 0 Å². The molecule has 0 atom stereocenters. The Morgan fingerprint density at radius 1 is 1.20 bits per heavy atom. The first-order valence-corrected chi connectivity index (χ1v) is 14.2. The van der Waals surface area contributed by atoms with Gasteiger partial charge in [0.2, 0.25) is 0 Å². The summed E-state index contributed by atoms with van der Waals surface area (Å²) in [5.41, 5.74) is 3.30. The third-order valence-corrected chi connectivity index (χ3v) is 9.45. The first-order valence-electron chi connectivity index (χ1n) is 12.3. The molecule has 3 aromatic rings. The lowest BCUT2D eigenvalue weighted by atomic mass is 9.76. The zero-order valence-electron chi connectivity index (χ0n) is 19.7. The van der Waals surface area contributed by atoms with Crippen LogP contribution in [0, 0.1) is 0 Å². The van der Waals surface area contributed by atoms with E-state index in [9.17, 15) is 9.11 Å². The number of H-pyrrole nitrogens is 1. The van der Waals surface area contributed by atoms with Crippen molar-refractivity contribution in [3.05, 3.63) is 23.8 Å². The van der Waals surface area contributed by atoms with Gasteiger partial charge in [0.05, 0.1) is 23.0 Å². The number of fused-ring (bicyclic) bond motifs is 1. The van der Waals surface area contributed by atoms with Crippen LogP contribution in [0.2, 0.25) is 0 Å². The monoisotopic (exact) mass is 501 g/mol. The number of anilines is 1. The Labute approximate surface area is 204 Å². The third-order valence-electron chi connectivity index (χ3n) is 7.67. The second-order valence-electron chi connectivity index (χ2n) is 9.91. The number of aromatic nitrogens is 7. The summed E-state index contributed by atoms with van der Waals surface area (Å²) in [7, 11) is -2.44. The lowest BCUT2D eigenvalue weighted by molar-refractivity contribution is -0.0488. The van der Waals surface area contributed by atoms with Crippen LogP contribution in [0.5, 0.6) is 0 Å². The van der Waals surface area contributed by atoms with Gasteiger partial charge in [0, 0.05) is 48.2 Å². The summed E-state index contributed by atoms with van der Waals surface area (Å²) in [6.45, 7) is 2.78. The van der Waals surface area contributed by atoms with Crippen molar-refractivity contribution >= 4 is 33.0 Å². The largest absolute Gasteiger partial charge is 0.389 e. The quantitative estimate of drug-likeness (QED) is 0.410. The minimum atomic E-state index is -2.44. The molecule has 1 spiro atoms. The molecule has 6 rings (SSSR count). The van der Waals surface area contributed by atoms with E-state index in [-0.39, 0.29) is 11.6 Å². The van der Waals surface area contributed by atoms with E-state index in [0.717, 1.165) is 72.5 Å². The van der Waals surface area contributed by atoms with Gasteiger partial charge in [-0.05, 0) is 45.4 Å². The molecule has 0 amide bonds. The van der Waals surface area contributed by atoms with Crippen molar-refractivity contribution in [1.82, 2.24) is 35.4 Å². The molecular weight excluding hydrogens is 470 g/mol. The number of aromatic amines is 1. The Bertz CT molecular complexity index is 1220. The van der Waals surface area contributed by atoms with Crippen molar-refractivity contribution in [2.24, 2.45) is 5.16 Å². The third kappa shape index (κ3) is 4.25. The van der Waals surface area contributed by atoms with Gasteiger partial charge in [-0.25, -0.2) is 9.67 Å². The van der Waals surface area contributed by atoms with Crippen LogP contribution in [-0.2, 0) is 11.4 Å². The predicted octanol–water partition coefficient (Wildman–Crippen LogP) is 3.51. The average molecular weight is 502 g/mol. The zero-order chi connectivity index (χ0) is 24.0. The summed E-state index contributed by atoms with van der Waals surface area (Å²) >= 11 is 0. The SMILES string of the molecule is CCn1ncc2c(NC3CCS(O)(O)CC3)c(C3=NOC4(CCC(c5nn[nH]n5)CC4)C3)cnc21. The molecule has 5 heterocycles. The smallest absolute Gasteiger partial charge is 0.177 e. The zero-order valence-corrected chi connectivity index (χ0v) is 20.5. The normalized spacial score (nSPS) is 23.3. The Hall–Kier alpha value is -2.77. The number of oxime groups is 1. The van der Waals surface area contributed by atoms with Gasteiger partial charge in [-0.1, -0.05) is 10.4 Å². The molecule has 13 heteroatoms. The molecule has 0 aromatic carbocycles. The van der Waals surface area contributed by atoms with Crippen LogP contribution in [0.4, 0.5) is 5.69 Å². The van der Waals surface area contributed by atoms with Crippen LogP contribution in [-0.4, -0.2) is 73.4 Å². The lowest BCUT2D eigenvalue weighted by Crippen LogP contribution is -2.34. The van der Waals surface area contributed by atoms with E-state index in [4.69, 9.17) is 9.82 Å². The second-order valence-corrected chi connectivity index (χ2v) is 12.3. The number of tetrazole rings is 1. The van der Waals surface area contributed by atoms with Gasteiger partial charge in [-0.2, -0.15) is 20.9 Å². The number of nitrogens with one attached hydrogen (secondary N) is 2. The number of hydrogen-bond donors (Lipinski definition) is 4. The fraction of sp³-hybridized carbons (Fsp3) is 0.636. The molecule has 188 valence electrons.